The van der Waals surface area contributed by atoms with Crippen molar-refractivity contribution in [1.82, 2.24) is 4.90 Å². The monoisotopic (exact) mass is 235 g/mol. The zero-order valence-electron chi connectivity index (χ0n) is 8.84. The molecular formula is C12H10FNO3. The van der Waals surface area contributed by atoms with E-state index in [4.69, 9.17) is 5.11 Å². The summed E-state index contributed by atoms with van der Waals surface area (Å²) in [5.74, 6) is -0.619. The normalized spacial score (nSPS) is 19.5. The second kappa shape index (κ2) is 4.37. The molecule has 1 amide bonds. The lowest BCUT2D eigenvalue weighted by Gasteiger charge is -2.28. The molecule has 1 atom stereocenters. The Balaban J connectivity index is 2.38. The number of carbonyl (C=O) groups is 2. The van der Waals surface area contributed by atoms with E-state index < -0.39 is 18.0 Å². The van der Waals surface area contributed by atoms with Crippen molar-refractivity contribution in [1.29, 1.82) is 0 Å². The van der Waals surface area contributed by atoms with Gasteiger partial charge in [0.2, 0.25) is 0 Å². The van der Waals surface area contributed by atoms with E-state index in [0.29, 0.717) is 5.56 Å². The number of amides is 1. The molecule has 1 aliphatic heterocycles. The van der Waals surface area contributed by atoms with E-state index in [2.05, 4.69) is 0 Å². The third-order valence-electron chi connectivity index (χ3n) is 2.61. The predicted molar refractivity (Wildman–Crippen MR) is 57.8 cm³/mol. The van der Waals surface area contributed by atoms with E-state index in [1.54, 1.807) is 6.07 Å². The Bertz CT molecular complexity index is 498. The van der Waals surface area contributed by atoms with Gasteiger partial charge in [-0.05, 0) is 23.8 Å². The summed E-state index contributed by atoms with van der Waals surface area (Å²) in [6, 6.07) is 4.96. The first kappa shape index (κ1) is 11.3. The number of benzene rings is 1. The average molecular weight is 235 g/mol. The molecule has 1 aliphatic rings. The van der Waals surface area contributed by atoms with Gasteiger partial charge in [-0.1, -0.05) is 12.1 Å². The van der Waals surface area contributed by atoms with Crippen LogP contribution in [0.5, 0.6) is 0 Å². The van der Waals surface area contributed by atoms with Crippen LogP contribution in [0, 0.1) is 5.82 Å². The Morgan fingerprint density at radius 3 is 2.88 bits per heavy atom. The highest BCUT2D eigenvalue weighted by Gasteiger charge is 2.28. The lowest BCUT2D eigenvalue weighted by atomic mass is 9.97. The molecule has 0 bridgehead atoms. The Kier molecular flexibility index (Phi) is 2.91. The molecule has 1 aromatic rings. The smallest absolute Gasteiger partial charge is 0.411 e. The summed E-state index contributed by atoms with van der Waals surface area (Å²) in [6.45, 7) is 0. The van der Waals surface area contributed by atoms with Gasteiger partial charge in [-0.15, -0.1) is 0 Å². The number of hydrogen-bond donors (Lipinski definition) is 1. The molecule has 5 heteroatoms. The third kappa shape index (κ3) is 2.33. The lowest BCUT2D eigenvalue weighted by molar-refractivity contribution is -0.116. The summed E-state index contributed by atoms with van der Waals surface area (Å²) in [5.41, 5.74) is 0.477. The van der Waals surface area contributed by atoms with Crippen LogP contribution in [-0.4, -0.2) is 21.9 Å². The van der Waals surface area contributed by atoms with Crippen molar-refractivity contribution in [2.75, 3.05) is 0 Å². The minimum Gasteiger partial charge on any atom is -0.465 e. The van der Waals surface area contributed by atoms with E-state index in [-0.39, 0.29) is 12.2 Å². The molecule has 1 N–H and O–H groups in total. The first-order valence-electron chi connectivity index (χ1n) is 5.05. The molecule has 0 saturated heterocycles. The molecule has 17 heavy (non-hydrogen) atoms. The van der Waals surface area contributed by atoms with Crippen molar-refractivity contribution >= 4 is 11.9 Å². The van der Waals surface area contributed by atoms with E-state index in [1.807, 2.05) is 0 Å². The Labute approximate surface area is 97.0 Å². The van der Waals surface area contributed by atoms with E-state index in [0.717, 1.165) is 4.90 Å². The summed E-state index contributed by atoms with van der Waals surface area (Å²) >= 11 is 0. The molecular weight excluding hydrogens is 225 g/mol. The van der Waals surface area contributed by atoms with Crippen molar-refractivity contribution in [2.24, 2.45) is 0 Å². The minimum atomic E-state index is -1.16. The van der Waals surface area contributed by atoms with Gasteiger partial charge < -0.3 is 5.11 Å². The molecule has 88 valence electrons. The fourth-order valence-electron chi connectivity index (χ4n) is 1.81. The number of carboxylic acid groups (broad SMARTS) is 1. The fourth-order valence-corrected chi connectivity index (χ4v) is 1.81. The molecule has 0 aromatic heterocycles. The van der Waals surface area contributed by atoms with Crippen LogP contribution < -0.4 is 0 Å². The summed E-state index contributed by atoms with van der Waals surface area (Å²) < 4.78 is 13.1. The fraction of sp³-hybridized carbons (Fsp3) is 0.167. The molecule has 0 saturated carbocycles. The van der Waals surface area contributed by atoms with Crippen LogP contribution in [0.25, 0.3) is 0 Å². The molecule has 0 fully saturated rings. The Morgan fingerprint density at radius 1 is 1.47 bits per heavy atom. The predicted octanol–water partition coefficient (Wildman–Crippen LogP) is 2.33. The number of ketones is 1. The maximum atomic E-state index is 13.1. The van der Waals surface area contributed by atoms with Gasteiger partial charge in [-0.2, -0.15) is 0 Å². The van der Waals surface area contributed by atoms with Crippen molar-refractivity contribution in [3.8, 4) is 0 Å². The van der Waals surface area contributed by atoms with Crippen LogP contribution in [0.15, 0.2) is 36.5 Å². The summed E-state index contributed by atoms with van der Waals surface area (Å²) in [4.78, 5) is 23.3. The lowest BCUT2D eigenvalue weighted by Crippen LogP contribution is -2.33. The molecule has 4 nitrogen and oxygen atoms in total. The Hall–Kier alpha value is -2.17. The van der Waals surface area contributed by atoms with Crippen LogP contribution in [0.4, 0.5) is 9.18 Å². The van der Waals surface area contributed by atoms with Gasteiger partial charge in [0, 0.05) is 12.6 Å². The highest BCUT2D eigenvalue weighted by atomic mass is 19.1. The number of nitrogens with zero attached hydrogens (tertiary/aromatic N) is 1. The summed E-state index contributed by atoms with van der Waals surface area (Å²) in [5, 5.41) is 9.00. The zero-order chi connectivity index (χ0) is 12.4. The maximum Gasteiger partial charge on any atom is 0.411 e. The van der Waals surface area contributed by atoms with E-state index in [9.17, 15) is 14.0 Å². The van der Waals surface area contributed by atoms with Gasteiger partial charge in [0.1, 0.15) is 5.82 Å². The molecule has 2 rings (SSSR count). The molecule has 0 radical (unpaired) electrons. The SMILES string of the molecule is O=C1C=CN(C(=O)O)C(c2cccc(F)c2)C1. The molecule has 1 aromatic carbocycles. The third-order valence-corrected chi connectivity index (χ3v) is 2.61. The first-order valence-corrected chi connectivity index (χ1v) is 5.05. The number of allylic oxidation sites excluding steroid dienone is 1. The van der Waals surface area contributed by atoms with Crippen LogP contribution in [0.3, 0.4) is 0 Å². The van der Waals surface area contributed by atoms with Gasteiger partial charge in [0.25, 0.3) is 0 Å². The standard InChI is InChI=1S/C12H10FNO3/c13-9-3-1-2-8(6-9)11-7-10(15)4-5-14(11)12(16)17/h1-6,11H,7H2,(H,16,17). The van der Waals surface area contributed by atoms with Crippen molar-refractivity contribution < 1.29 is 19.1 Å². The molecule has 1 heterocycles. The number of rotatable bonds is 1. The molecule has 1 unspecified atom stereocenters. The minimum absolute atomic E-state index is 0.0340. The van der Waals surface area contributed by atoms with Crippen LogP contribution >= 0.6 is 0 Å². The average Bonchev–Trinajstić information content (AvgIpc) is 2.28. The van der Waals surface area contributed by atoms with Gasteiger partial charge in [-0.25, -0.2) is 9.18 Å². The van der Waals surface area contributed by atoms with Gasteiger partial charge in [0.05, 0.1) is 6.04 Å². The van der Waals surface area contributed by atoms with Crippen molar-refractivity contribution in [2.45, 2.75) is 12.5 Å². The number of halogens is 1. The summed E-state index contributed by atoms with van der Waals surface area (Å²) in [6.07, 6.45) is 1.29. The number of hydrogen-bond acceptors (Lipinski definition) is 2. The second-order valence-electron chi connectivity index (χ2n) is 3.75. The van der Waals surface area contributed by atoms with Gasteiger partial charge in [0.15, 0.2) is 5.78 Å². The van der Waals surface area contributed by atoms with Crippen LogP contribution in [0.1, 0.15) is 18.0 Å². The zero-order valence-corrected chi connectivity index (χ0v) is 8.84. The largest absolute Gasteiger partial charge is 0.465 e. The van der Waals surface area contributed by atoms with Gasteiger partial charge in [-0.3, -0.25) is 9.69 Å². The highest BCUT2D eigenvalue weighted by molar-refractivity contribution is 5.92. The topological polar surface area (TPSA) is 57.6 Å². The van der Waals surface area contributed by atoms with Crippen molar-refractivity contribution in [3.05, 3.63) is 47.9 Å². The van der Waals surface area contributed by atoms with Crippen LogP contribution in [-0.2, 0) is 4.79 Å². The van der Waals surface area contributed by atoms with Crippen molar-refractivity contribution in [3.63, 3.8) is 0 Å². The first-order chi connectivity index (χ1) is 8.08. The summed E-state index contributed by atoms with van der Waals surface area (Å²) in [7, 11) is 0. The quantitative estimate of drug-likeness (QED) is 0.812. The Morgan fingerprint density at radius 2 is 2.24 bits per heavy atom. The maximum absolute atomic E-state index is 13.1. The molecule has 0 aliphatic carbocycles. The number of carbonyl (C=O) groups excluding carboxylic acids is 1. The molecule has 0 spiro atoms. The van der Waals surface area contributed by atoms with Crippen LogP contribution in [0.2, 0.25) is 0 Å². The van der Waals surface area contributed by atoms with Gasteiger partial charge >= 0.3 is 6.09 Å². The van der Waals surface area contributed by atoms with E-state index >= 15 is 0 Å². The highest BCUT2D eigenvalue weighted by Crippen LogP contribution is 2.28. The second-order valence-corrected chi connectivity index (χ2v) is 3.75. The van der Waals surface area contributed by atoms with E-state index in [1.165, 1.54) is 30.5 Å².